The van der Waals surface area contributed by atoms with Gasteiger partial charge in [-0.15, -0.1) is 11.3 Å². The van der Waals surface area contributed by atoms with Gasteiger partial charge in [-0.2, -0.15) is 0 Å². The number of amides is 2. The lowest BCUT2D eigenvalue weighted by atomic mass is 9.81. The normalized spacial score (nSPS) is 18.9. The topological polar surface area (TPSA) is 49.4 Å². The Morgan fingerprint density at radius 1 is 1.11 bits per heavy atom. The van der Waals surface area contributed by atoms with E-state index in [1.165, 1.54) is 0 Å². The van der Waals surface area contributed by atoms with E-state index in [0.717, 1.165) is 10.4 Å². The summed E-state index contributed by atoms with van der Waals surface area (Å²) in [5, 5.41) is 5.48. The molecule has 0 radical (unpaired) electrons. The number of rotatable bonds is 3. The smallest absolute Gasteiger partial charge is 0.254 e. The number of nitrogens with zero attached hydrogens (tertiary/aromatic N) is 1. The lowest BCUT2D eigenvalue weighted by molar-refractivity contribution is -0.119. The fourth-order valence-electron chi connectivity index (χ4n) is 3.56. The average molecular weight is 397 g/mol. The van der Waals surface area contributed by atoms with Crippen molar-refractivity contribution in [2.45, 2.75) is 12.0 Å². The maximum absolute atomic E-state index is 13.3. The summed E-state index contributed by atoms with van der Waals surface area (Å²) in [7, 11) is 1.75. The van der Waals surface area contributed by atoms with E-state index in [9.17, 15) is 9.59 Å². The van der Waals surface area contributed by atoms with Gasteiger partial charge in [-0.3, -0.25) is 9.59 Å². The van der Waals surface area contributed by atoms with E-state index in [1.54, 1.807) is 53.6 Å². The molecular weight excluding hydrogens is 380 g/mol. The van der Waals surface area contributed by atoms with Gasteiger partial charge in [0.05, 0.1) is 12.0 Å². The van der Waals surface area contributed by atoms with Crippen LogP contribution in [0.25, 0.3) is 0 Å². The molecule has 3 aromatic rings. The molecule has 2 amide bonds. The van der Waals surface area contributed by atoms with Crippen molar-refractivity contribution < 1.29 is 9.59 Å². The van der Waals surface area contributed by atoms with Crippen molar-refractivity contribution in [3.63, 3.8) is 0 Å². The fraction of sp³-hybridized carbons (Fsp3) is 0.143. The quantitative estimate of drug-likeness (QED) is 0.680. The van der Waals surface area contributed by atoms with Gasteiger partial charge in [0.15, 0.2) is 0 Å². The number of likely N-dealkylation sites (N-methyl/N-ethyl adjacent to an activating group) is 1. The molecule has 0 fully saturated rings. The maximum Gasteiger partial charge on any atom is 0.254 e. The number of anilines is 1. The largest absolute Gasteiger partial charge is 0.333 e. The summed E-state index contributed by atoms with van der Waals surface area (Å²) in [6.45, 7) is 0. The first kappa shape index (κ1) is 17.8. The molecule has 0 saturated heterocycles. The number of fused-ring (bicyclic) bond motifs is 1. The van der Waals surface area contributed by atoms with Gasteiger partial charge in [0.25, 0.3) is 5.91 Å². The number of hydrogen-bond donors (Lipinski definition) is 1. The Bertz CT molecular complexity index is 1000. The molecule has 1 aromatic heterocycles. The summed E-state index contributed by atoms with van der Waals surface area (Å²) in [4.78, 5) is 28.8. The summed E-state index contributed by atoms with van der Waals surface area (Å²) in [5.74, 6) is -0.750. The fourth-order valence-corrected chi connectivity index (χ4v) is 4.65. The number of thiophene rings is 1. The van der Waals surface area contributed by atoms with Crippen molar-refractivity contribution in [1.82, 2.24) is 4.90 Å². The maximum atomic E-state index is 13.3. The predicted molar refractivity (Wildman–Crippen MR) is 108 cm³/mol. The molecule has 4 nitrogen and oxygen atoms in total. The highest BCUT2D eigenvalue weighted by Gasteiger charge is 2.43. The molecule has 1 aliphatic rings. The zero-order valence-electron chi connectivity index (χ0n) is 14.6. The molecule has 1 N–H and O–H groups in total. The van der Waals surface area contributed by atoms with Gasteiger partial charge >= 0.3 is 0 Å². The number of carbonyl (C=O) groups is 2. The van der Waals surface area contributed by atoms with Crippen LogP contribution in [0.2, 0.25) is 5.02 Å². The van der Waals surface area contributed by atoms with E-state index >= 15 is 0 Å². The van der Waals surface area contributed by atoms with Gasteiger partial charge in [-0.05, 0) is 41.3 Å². The lowest BCUT2D eigenvalue weighted by Crippen LogP contribution is -2.43. The van der Waals surface area contributed by atoms with Crippen molar-refractivity contribution >= 4 is 40.4 Å². The van der Waals surface area contributed by atoms with Crippen LogP contribution in [0.5, 0.6) is 0 Å². The second-order valence-corrected chi connectivity index (χ2v) is 7.86. The molecule has 0 aliphatic carbocycles. The Morgan fingerprint density at radius 2 is 1.93 bits per heavy atom. The Morgan fingerprint density at radius 3 is 2.67 bits per heavy atom. The standard InChI is InChI=1S/C21H17ClN2O2S/c1-24-19(17-10-5-11-27-17)18(15-8-2-3-9-16(15)21(24)26)20(25)23-14-7-4-6-13(22)12-14/h2-12,18-19H,1H3,(H,23,25)/t18-,19-/m1/s1. The average Bonchev–Trinajstić information content (AvgIpc) is 3.18. The molecular formula is C21H17ClN2O2S. The second kappa shape index (κ2) is 7.18. The minimum atomic E-state index is -0.512. The molecule has 2 atom stereocenters. The second-order valence-electron chi connectivity index (χ2n) is 6.44. The van der Waals surface area contributed by atoms with Gasteiger partial charge in [0.1, 0.15) is 0 Å². The molecule has 136 valence electrons. The van der Waals surface area contributed by atoms with Crippen LogP contribution in [0.1, 0.15) is 32.8 Å². The third-order valence-electron chi connectivity index (χ3n) is 4.79. The van der Waals surface area contributed by atoms with Crippen LogP contribution in [0.4, 0.5) is 5.69 Å². The van der Waals surface area contributed by atoms with E-state index in [0.29, 0.717) is 16.3 Å². The molecule has 0 saturated carbocycles. The first-order valence-corrected chi connectivity index (χ1v) is 9.78. The van der Waals surface area contributed by atoms with Gasteiger partial charge in [0, 0.05) is 28.2 Å². The zero-order chi connectivity index (χ0) is 19.0. The zero-order valence-corrected chi connectivity index (χ0v) is 16.1. The van der Waals surface area contributed by atoms with Gasteiger partial charge < -0.3 is 10.2 Å². The predicted octanol–water partition coefficient (Wildman–Crippen LogP) is 4.95. The van der Waals surface area contributed by atoms with Crippen molar-refractivity contribution in [3.05, 3.63) is 87.1 Å². The Balaban J connectivity index is 1.79. The highest BCUT2D eigenvalue weighted by molar-refractivity contribution is 7.10. The van der Waals surface area contributed by atoms with Crippen molar-refractivity contribution in [1.29, 1.82) is 0 Å². The third-order valence-corrected chi connectivity index (χ3v) is 5.97. The summed E-state index contributed by atoms with van der Waals surface area (Å²) in [5.41, 5.74) is 1.95. The van der Waals surface area contributed by atoms with Crippen LogP contribution < -0.4 is 5.32 Å². The van der Waals surface area contributed by atoms with E-state index in [4.69, 9.17) is 11.6 Å². The molecule has 0 unspecified atom stereocenters. The van der Waals surface area contributed by atoms with E-state index in [1.807, 2.05) is 35.7 Å². The van der Waals surface area contributed by atoms with Crippen molar-refractivity contribution in [2.24, 2.45) is 0 Å². The number of halogens is 1. The Kier molecular flexibility index (Phi) is 4.72. The molecule has 0 bridgehead atoms. The van der Waals surface area contributed by atoms with Crippen molar-refractivity contribution in [2.75, 3.05) is 12.4 Å². The lowest BCUT2D eigenvalue weighted by Gasteiger charge is -2.39. The van der Waals surface area contributed by atoms with Crippen LogP contribution in [-0.2, 0) is 4.79 Å². The summed E-state index contributed by atoms with van der Waals surface area (Å²) < 4.78 is 0. The van der Waals surface area contributed by atoms with Gasteiger partial charge in [0.2, 0.25) is 5.91 Å². The first-order valence-electron chi connectivity index (χ1n) is 8.52. The van der Waals surface area contributed by atoms with Crippen LogP contribution in [0.15, 0.2) is 66.0 Å². The Hall–Kier alpha value is -2.63. The molecule has 2 heterocycles. The summed E-state index contributed by atoms with van der Waals surface area (Å²) >= 11 is 7.59. The minimum Gasteiger partial charge on any atom is -0.333 e. The van der Waals surface area contributed by atoms with E-state index in [2.05, 4.69) is 5.32 Å². The molecule has 4 rings (SSSR count). The number of hydrogen-bond acceptors (Lipinski definition) is 3. The molecule has 27 heavy (non-hydrogen) atoms. The van der Waals surface area contributed by atoms with E-state index < -0.39 is 5.92 Å². The SMILES string of the molecule is CN1C(=O)c2ccccc2[C@@H](C(=O)Nc2cccc(Cl)c2)[C@H]1c1cccs1. The first-order chi connectivity index (χ1) is 13.1. The summed E-state index contributed by atoms with van der Waals surface area (Å²) in [6.07, 6.45) is 0. The van der Waals surface area contributed by atoms with E-state index in [-0.39, 0.29) is 17.9 Å². The molecule has 0 spiro atoms. The summed E-state index contributed by atoms with van der Waals surface area (Å²) in [6, 6.07) is 17.9. The van der Waals surface area contributed by atoms with Crippen molar-refractivity contribution in [3.8, 4) is 0 Å². The van der Waals surface area contributed by atoms with Crippen LogP contribution in [0.3, 0.4) is 0 Å². The monoisotopic (exact) mass is 396 g/mol. The minimum absolute atomic E-state index is 0.0733. The third kappa shape index (κ3) is 3.24. The molecule has 2 aromatic carbocycles. The van der Waals surface area contributed by atoms with Crippen LogP contribution in [-0.4, -0.2) is 23.8 Å². The number of nitrogens with one attached hydrogen (secondary N) is 1. The molecule has 1 aliphatic heterocycles. The Labute approximate surface area is 166 Å². The van der Waals surface area contributed by atoms with Gasteiger partial charge in [-0.25, -0.2) is 0 Å². The van der Waals surface area contributed by atoms with Gasteiger partial charge in [-0.1, -0.05) is 41.9 Å². The highest BCUT2D eigenvalue weighted by atomic mass is 35.5. The van der Waals surface area contributed by atoms with Crippen LogP contribution >= 0.6 is 22.9 Å². The highest BCUT2D eigenvalue weighted by Crippen LogP contribution is 2.43. The van der Waals surface area contributed by atoms with Crippen LogP contribution in [0, 0.1) is 0 Å². The molecule has 6 heteroatoms. The number of carbonyl (C=O) groups excluding carboxylic acids is 2. The number of benzene rings is 2.